The summed E-state index contributed by atoms with van der Waals surface area (Å²) in [6.07, 6.45) is 0. The molecule has 0 saturated carbocycles. The summed E-state index contributed by atoms with van der Waals surface area (Å²) in [6, 6.07) is 4.52. The van der Waals surface area contributed by atoms with Crippen LogP contribution in [0.15, 0.2) is 22.7 Å². The Kier molecular flexibility index (Phi) is 3.99. The summed E-state index contributed by atoms with van der Waals surface area (Å²) in [7, 11) is 0. The van der Waals surface area contributed by atoms with Crippen LogP contribution in [0.5, 0.6) is 11.5 Å². The van der Waals surface area contributed by atoms with Crippen LogP contribution < -0.4 is 5.32 Å². The first kappa shape index (κ1) is 14.4. The smallest absolute Gasteiger partial charge is 0.138 e. The number of rotatable bonds is 4. The number of nitrogens with zero attached hydrogens (tertiary/aromatic N) is 1. The molecule has 0 aliphatic carbocycles. The largest absolute Gasteiger partial charge is 0.507 e. The fraction of sp³-hybridized carbons (Fsp3) is 0.400. The fourth-order valence-corrected chi connectivity index (χ4v) is 2.63. The molecule has 1 aromatic carbocycles. The first-order valence-electron chi connectivity index (χ1n) is 6.61. The van der Waals surface area contributed by atoms with Gasteiger partial charge in [0.05, 0.1) is 11.3 Å². The minimum absolute atomic E-state index is 0.00439. The molecule has 5 nitrogen and oxygen atoms in total. The summed E-state index contributed by atoms with van der Waals surface area (Å²) in [6.45, 7) is 7.66. The van der Waals surface area contributed by atoms with Gasteiger partial charge in [-0.1, -0.05) is 11.2 Å². The second-order valence-corrected chi connectivity index (χ2v) is 5.06. The summed E-state index contributed by atoms with van der Waals surface area (Å²) in [5, 5.41) is 27.0. The predicted molar refractivity (Wildman–Crippen MR) is 75.7 cm³/mol. The van der Waals surface area contributed by atoms with Gasteiger partial charge in [-0.25, -0.2) is 0 Å². The fourth-order valence-electron chi connectivity index (χ4n) is 2.63. The number of hydrogen-bond donors (Lipinski definition) is 3. The van der Waals surface area contributed by atoms with E-state index in [1.807, 2.05) is 27.7 Å². The van der Waals surface area contributed by atoms with Crippen molar-refractivity contribution in [3.8, 4) is 11.5 Å². The van der Waals surface area contributed by atoms with Crippen LogP contribution in [0.2, 0.25) is 0 Å². The lowest BCUT2D eigenvalue weighted by Gasteiger charge is -2.21. The lowest BCUT2D eigenvalue weighted by molar-refractivity contribution is 0.387. The number of aryl methyl sites for hydroxylation is 2. The maximum absolute atomic E-state index is 9.88. The van der Waals surface area contributed by atoms with Gasteiger partial charge >= 0.3 is 0 Å². The Bertz CT molecular complexity index is 567. The highest BCUT2D eigenvalue weighted by Gasteiger charge is 2.21. The molecule has 0 radical (unpaired) electrons. The highest BCUT2D eigenvalue weighted by atomic mass is 16.5. The highest BCUT2D eigenvalue weighted by molar-refractivity contribution is 5.45. The van der Waals surface area contributed by atoms with Crippen molar-refractivity contribution in [1.82, 2.24) is 10.5 Å². The van der Waals surface area contributed by atoms with Gasteiger partial charge in [-0.15, -0.1) is 0 Å². The molecule has 2 rings (SSSR count). The van der Waals surface area contributed by atoms with Crippen LogP contribution in [-0.2, 0) is 0 Å². The van der Waals surface area contributed by atoms with Crippen molar-refractivity contribution in [3.05, 3.63) is 40.8 Å². The van der Waals surface area contributed by atoms with E-state index in [2.05, 4.69) is 10.5 Å². The number of nitrogens with one attached hydrogen (secondary N) is 1. The average Bonchev–Trinajstić information content (AvgIpc) is 2.68. The number of hydrogen-bond acceptors (Lipinski definition) is 5. The lowest BCUT2D eigenvalue weighted by atomic mass is 10.0. The Morgan fingerprint density at radius 2 is 1.60 bits per heavy atom. The summed E-state index contributed by atoms with van der Waals surface area (Å²) in [5.74, 6) is 0.933. The summed E-state index contributed by atoms with van der Waals surface area (Å²) >= 11 is 0. The molecular weight excluding hydrogens is 256 g/mol. The van der Waals surface area contributed by atoms with Gasteiger partial charge in [-0.2, -0.15) is 0 Å². The Labute approximate surface area is 118 Å². The second-order valence-electron chi connectivity index (χ2n) is 5.06. The van der Waals surface area contributed by atoms with E-state index in [1.54, 1.807) is 18.2 Å². The summed E-state index contributed by atoms with van der Waals surface area (Å²) < 4.78 is 5.16. The van der Waals surface area contributed by atoms with Crippen LogP contribution in [0, 0.1) is 13.8 Å². The van der Waals surface area contributed by atoms with E-state index in [4.69, 9.17) is 4.52 Å². The van der Waals surface area contributed by atoms with Gasteiger partial charge in [-0.3, -0.25) is 0 Å². The van der Waals surface area contributed by atoms with Gasteiger partial charge in [0.1, 0.15) is 17.3 Å². The molecule has 5 heteroatoms. The Morgan fingerprint density at radius 1 is 1.05 bits per heavy atom. The van der Waals surface area contributed by atoms with Crippen molar-refractivity contribution in [2.45, 2.75) is 39.8 Å². The third-order valence-electron chi connectivity index (χ3n) is 3.51. The molecule has 0 bridgehead atoms. The van der Waals surface area contributed by atoms with E-state index in [0.29, 0.717) is 5.56 Å². The van der Waals surface area contributed by atoms with Crippen LogP contribution in [0.3, 0.4) is 0 Å². The van der Waals surface area contributed by atoms with E-state index in [0.717, 1.165) is 17.0 Å². The van der Waals surface area contributed by atoms with Gasteiger partial charge < -0.3 is 20.1 Å². The molecule has 2 unspecified atom stereocenters. The minimum Gasteiger partial charge on any atom is -0.507 e. The van der Waals surface area contributed by atoms with E-state index in [9.17, 15) is 10.2 Å². The Hall–Kier alpha value is -2.01. The van der Waals surface area contributed by atoms with Crippen molar-refractivity contribution < 1.29 is 14.7 Å². The molecule has 20 heavy (non-hydrogen) atoms. The Morgan fingerprint density at radius 3 is 2.10 bits per heavy atom. The molecule has 0 amide bonds. The number of aromatic nitrogens is 1. The van der Waals surface area contributed by atoms with E-state index < -0.39 is 0 Å². The molecule has 0 spiro atoms. The van der Waals surface area contributed by atoms with Gasteiger partial charge in [0.2, 0.25) is 0 Å². The third-order valence-corrected chi connectivity index (χ3v) is 3.51. The number of benzene rings is 1. The van der Waals surface area contributed by atoms with Crippen LogP contribution in [0.1, 0.15) is 48.5 Å². The number of aromatic hydroxyl groups is 2. The molecule has 108 valence electrons. The standard InChI is InChI=1S/C15H20N2O3/c1-8(14-10(3)17-20-11(14)4)16-9(2)15-12(18)6-5-7-13(15)19/h5-9,16,18-19H,1-4H3. The monoisotopic (exact) mass is 276 g/mol. The normalized spacial score (nSPS) is 14.2. The first-order chi connectivity index (χ1) is 9.41. The van der Waals surface area contributed by atoms with Gasteiger partial charge in [0.15, 0.2) is 0 Å². The molecule has 2 atom stereocenters. The van der Waals surface area contributed by atoms with Gasteiger partial charge in [0.25, 0.3) is 0 Å². The molecule has 0 fully saturated rings. The summed E-state index contributed by atoms with van der Waals surface area (Å²) in [4.78, 5) is 0. The number of phenolic OH excluding ortho intramolecular Hbond substituents is 2. The molecule has 2 aromatic rings. The van der Waals surface area contributed by atoms with Crippen molar-refractivity contribution >= 4 is 0 Å². The first-order valence-corrected chi connectivity index (χ1v) is 6.61. The van der Waals surface area contributed by atoms with Crippen LogP contribution in [0.25, 0.3) is 0 Å². The zero-order valence-electron chi connectivity index (χ0n) is 12.1. The number of phenols is 2. The van der Waals surface area contributed by atoms with Crippen LogP contribution in [0.4, 0.5) is 0 Å². The van der Waals surface area contributed by atoms with Crippen molar-refractivity contribution in [2.24, 2.45) is 0 Å². The SMILES string of the molecule is Cc1noc(C)c1C(C)NC(C)c1c(O)cccc1O. The lowest BCUT2D eigenvalue weighted by Crippen LogP contribution is -2.23. The van der Waals surface area contributed by atoms with Gasteiger partial charge in [-0.05, 0) is 39.8 Å². The average molecular weight is 276 g/mol. The summed E-state index contributed by atoms with van der Waals surface area (Å²) in [5.41, 5.74) is 2.34. The van der Waals surface area contributed by atoms with E-state index in [1.165, 1.54) is 0 Å². The maximum Gasteiger partial charge on any atom is 0.138 e. The molecule has 0 aliphatic rings. The van der Waals surface area contributed by atoms with E-state index >= 15 is 0 Å². The maximum atomic E-state index is 9.88. The minimum atomic E-state index is -0.208. The van der Waals surface area contributed by atoms with Crippen LogP contribution in [-0.4, -0.2) is 15.4 Å². The molecule has 1 aromatic heterocycles. The quantitative estimate of drug-likeness (QED) is 0.799. The molecule has 0 aliphatic heterocycles. The van der Waals surface area contributed by atoms with Crippen molar-refractivity contribution in [1.29, 1.82) is 0 Å². The molecule has 3 N–H and O–H groups in total. The predicted octanol–water partition coefficient (Wildman–Crippen LogP) is 3.11. The topological polar surface area (TPSA) is 78.5 Å². The third kappa shape index (κ3) is 2.63. The van der Waals surface area contributed by atoms with Crippen molar-refractivity contribution in [3.63, 3.8) is 0 Å². The van der Waals surface area contributed by atoms with Crippen LogP contribution >= 0.6 is 0 Å². The zero-order chi connectivity index (χ0) is 14.9. The molecular formula is C15H20N2O3. The zero-order valence-corrected chi connectivity index (χ0v) is 12.1. The van der Waals surface area contributed by atoms with E-state index in [-0.39, 0.29) is 23.6 Å². The highest BCUT2D eigenvalue weighted by Crippen LogP contribution is 2.34. The van der Waals surface area contributed by atoms with Crippen molar-refractivity contribution in [2.75, 3.05) is 0 Å². The second kappa shape index (κ2) is 5.54. The Balaban J connectivity index is 2.22. The molecule has 0 saturated heterocycles. The van der Waals surface area contributed by atoms with Gasteiger partial charge in [0, 0.05) is 17.6 Å². The molecule has 1 heterocycles.